The van der Waals surface area contributed by atoms with Gasteiger partial charge in [-0.25, -0.2) is 0 Å². The number of carbonyl (C=O) groups is 1. The number of aryl methyl sites for hydroxylation is 1. The monoisotopic (exact) mass is 353 g/mol. The van der Waals surface area contributed by atoms with Gasteiger partial charge in [-0.3, -0.25) is 4.79 Å². The number of rotatable bonds is 2. The second kappa shape index (κ2) is 6.19. The Kier molecular flexibility index (Phi) is 4.34. The summed E-state index contributed by atoms with van der Waals surface area (Å²) < 4.78 is 0. The molecule has 2 atom stereocenters. The molecule has 0 amide bonds. The van der Waals surface area contributed by atoms with Crippen LogP contribution >= 0.6 is 0 Å². The third kappa shape index (κ3) is 3.05. The molecule has 1 N–H and O–H groups in total. The summed E-state index contributed by atoms with van der Waals surface area (Å²) in [6.45, 7) is 11.6. The molecular formula is C24H35NO. The lowest BCUT2D eigenvalue weighted by Gasteiger charge is -2.43. The lowest BCUT2D eigenvalue weighted by Crippen LogP contribution is -2.50. The van der Waals surface area contributed by atoms with Gasteiger partial charge in [0.15, 0.2) is 5.78 Å². The molecule has 2 aliphatic heterocycles. The van der Waals surface area contributed by atoms with E-state index in [1.54, 1.807) is 0 Å². The van der Waals surface area contributed by atoms with Crippen LogP contribution in [0, 0.1) is 12.8 Å². The van der Waals surface area contributed by atoms with Crippen LogP contribution in [0.5, 0.6) is 0 Å². The predicted molar refractivity (Wildman–Crippen MR) is 108 cm³/mol. The molecular weight excluding hydrogens is 318 g/mol. The zero-order chi connectivity index (χ0) is 18.7. The fraction of sp³-hybridized carbons (Fsp3) is 0.708. The summed E-state index contributed by atoms with van der Waals surface area (Å²) >= 11 is 0. The Morgan fingerprint density at radius 2 is 1.50 bits per heavy atom. The van der Waals surface area contributed by atoms with Crippen LogP contribution in [0.2, 0.25) is 0 Å². The van der Waals surface area contributed by atoms with Gasteiger partial charge in [0.05, 0.1) is 0 Å². The van der Waals surface area contributed by atoms with Crippen molar-refractivity contribution in [2.75, 3.05) is 0 Å². The lowest BCUT2D eigenvalue weighted by molar-refractivity contribution is 0.0824. The van der Waals surface area contributed by atoms with Crippen molar-refractivity contribution in [1.29, 1.82) is 0 Å². The maximum absolute atomic E-state index is 13.5. The summed E-state index contributed by atoms with van der Waals surface area (Å²) in [5.41, 5.74) is 5.44. The molecule has 142 valence electrons. The molecule has 3 aliphatic rings. The molecule has 2 saturated heterocycles. The maximum atomic E-state index is 13.5. The van der Waals surface area contributed by atoms with Gasteiger partial charge in [-0.2, -0.15) is 0 Å². The van der Waals surface area contributed by atoms with Gasteiger partial charge in [-0.1, -0.05) is 40.2 Å². The van der Waals surface area contributed by atoms with Gasteiger partial charge < -0.3 is 5.32 Å². The normalized spacial score (nSPS) is 32.0. The van der Waals surface area contributed by atoms with Gasteiger partial charge >= 0.3 is 0 Å². The number of nitrogens with one attached hydrogen (secondary N) is 1. The van der Waals surface area contributed by atoms with Crippen molar-refractivity contribution in [3.05, 3.63) is 34.4 Å². The summed E-state index contributed by atoms with van der Waals surface area (Å²) in [5, 5.41) is 3.73. The molecule has 0 radical (unpaired) electrons. The molecule has 2 heteroatoms. The van der Waals surface area contributed by atoms with E-state index >= 15 is 0 Å². The molecule has 2 heterocycles. The second-order valence-corrected chi connectivity index (χ2v) is 10.5. The first-order valence-electron chi connectivity index (χ1n) is 10.6. The van der Waals surface area contributed by atoms with Gasteiger partial charge in [0.2, 0.25) is 0 Å². The first kappa shape index (κ1) is 18.2. The lowest BCUT2D eigenvalue weighted by atomic mass is 9.62. The number of benzene rings is 1. The zero-order valence-corrected chi connectivity index (χ0v) is 17.2. The second-order valence-electron chi connectivity index (χ2n) is 10.5. The van der Waals surface area contributed by atoms with E-state index in [0.717, 1.165) is 18.4 Å². The minimum atomic E-state index is 0.165. The Bertz CT molecular complexity index is 718. The van der Waals surface area contributed by atoms with Crippen LogP contribution in [0.3, 0.4) is 0 Å². The zero-order valence-electron chi connectivity index (χ0n) is 17.2. The van der Waals surface area contributed by atoms with Crippen molar-refractivity contribution in [2.24, 2.45) is 5.92 Å². The minimum Gasteiger partial charge on any atom is -0.311 e. The molecule has 26 heavy (non-hydrogen) atoms. The Morgan fingerprint density at radius 3 is 2.08 bits per heavy atom. The molecule has 2 fully saturated rings. The van der Waals surface area contributed by atoms with Gasteiger partial charge in [-0.15, -0.1) is 0 Å². The van der Waals surface area contributed by atoms with Crippen LogP contribution < -0.4 is 5.32 Å². The van der Waals surface area contributed by atoms with Crippen LogP contribution in [-0.4, -0.2) is 17.9 Å². The first-order valence-corrected chi connectivity index (χ1v) is 10.6. The summed E-state index contributed by atoms with van der Waals surface area (Å²) in [6.07, 6.45) is 8.28. The van der Waals surface area contributed by atoms with E-state index in [0.29, 0.717) is 17.9 Å². The smallest absolute Gasteiger partial charge is 0.166 e. The van der Waals surface area contributed by atoms with Crippen LogP contribution in [0.4, 0.5) is 0 Å². The topological polar surface area (TPSA) is 29.1 Å². The summed E-state index contributed by atoms with van der Waals surface area (Å²) in [7, 11) is 0. The molecule has 0 saturated carbocycles. The SMILES string of the molecule is Cc1cc2c(cc1C(=O)C1CC3CCCC(C1)N3)C(C)(C)CCC2(C)C. The quantitative estimate of drug-likeness (QED) is 0.717. The fourth-order valence-corrected chi connectivity index (χ4v) is 5.69. The van der Waals surface area contributed by atoms with Crippen LogP contribution in [0.15, 0.2) is 12.1 Å². The third-order valence-corrected chi connectivity index (χ3v) is 7.55. The van der Waals surface area contributed by atoms with Crippen molar-refractivity contribution < 1.29 is 4.79 Å². The maximum Gasteiger partial charge on any atom is 0.166 e. The number of hydrogen-bond acceptors (Lipinski definition) is 2. The number of fused-ring (bicyclic) bond motifs is 3. The van der Waals surface area contributed by atoms with Crippen LogP contribution in [0.25, 0.3) is 0 Å². The van der Waals surface area contributed by atoms with Crippen LogP contribution in [0.1, 0.15) is 99.7 Å². The van der Waals surface area contributed by atoms with Crippen molar-refractivity contribution in [1.82, 2.24) is 5.32 Å². The highest BCUT2D eigenvalue weighted by Crippen LogP contribution is 2.47. The van der Waals surface area contributed by atoms with E-state index in [-0.39, 0.29) is 16.7 Å². The van der Waals surface area contributed by atoms with E-state index in [9.17, 15) is 4.79 Å². The van der Waals surface area contributed by atoms with Crippen molar-refractivity contribution in [2.45, 2.75) is 102 Å². The molecule has 2 bridgehead atoms. The molecule has 1 aromatic carbocycles. The largest absolute Gasteiger partial charge is 0.311 e. The molecule has 4 rings (SSSR count). The summed E-state index contributed by atoms with van der Waals surface area (Å²) in [4.78, 5) is 13.5. The van der Waals surface area contributed by atoms with Crippen molar-refractivity contribution in [3.8, 4) is 0 Å². The average molecular weight is 354 g/mol. The highest BCUT2D eigenvalue weighted by Gasteiger charge is 2.39. The van der Waals surface area contributed by atoms with Gasteiger partial charge in [0.1, 0.15) is 0 Å². The minimum absolute atomic E-state index is 0.165. The van der Waals surface area contributed by atoms with E-state index < -0.39 is 0 Å². The van der Waals surface area contributed by atoms with E-state index in [2.05, 4.69) is 52.1 Å². The van der Waals surface area contributed by atoms with Crippen LogP contribution in [-0.2, 0) is 10.8 Å². The Balaban J connectivity index is 1.70. The van der Waals surface area contributed by atoms with Gasteiger partial charge in [0, 0.05) is 23.6 Å². The molecule has 1 aromatic rings. The summed E-state index contributed by atoms with van der Waals surface area (Å²) in [5.74, 6) is 0.617. The van der Waals surface area contributed by atoms with Gasteiger partial charge in [0.25, 0.3) is 0 Å². The Labute approximate surface area is 159 Å². The van der Waals surface area contributed by atoms with E-state index in [4.69, 9.17) is 0 Å². The van der Waals surface area contributed by atoms with Crippen molar-refractivity contribution in [3.63, 3.8) is 0 Å². The van der Waals surface area contributed by atoms with E-state index in [1.165, 1.54) is 48.8 Å². The molecule has 0 spiro atoms. The fourth-order valence-electron chi connectivity index (χ4n) is 5.69. The Hall–Kier alpha value is -1.15. The highest BCUT2D eigenvalue weighted by atomic mass is 16.1. The predicted octanol–water partition coefficient (Wildman–Crippen LogP) is 5.45. The molecule has 2 nitrogen and oxygen atoms in total. The highest BCUT2D eigenvalue weighted by molar-refractivity contribution is 5.99. The standard InChI is InChI=1S/C24H35NO/c1-15-11-20-21(24(4,5)10-9-23(20,2)3)14-19(15)22(26)16-12-17-7-6-8-18(13-16)25-17/h11,14,16-18,25H,6-10,12-13H2,1-5H3. The first-order chi connectivity index (χ1) is 12.2. The average Bonchev–Trinajstić information content (AvgIpc) is 2.58. The number of piperidine rings is 2. The molecule has 1 aliphatic carbocycles. The number of ketones is 1. The Morgan fingerprint density at radius 1 is 0.962 bits per heavy atom. The molecule has 2 unspecified atom stereocenters. The number of Topliss-reactive ketones (excluding diaryl/α,β-unsaturated/α-hetero) is 1. The number of carbonyl (C=O) groups excluding carboxylic acids is 1. The third-order valence-electron chi connectivity index (χ3n) is 7.55. The number of hydrogen-bond donors (Lipinski definition) is 1. The van der Waals surface area contributed by atoms with Crippen molar-refractivity contribution >= 4 is 5.78 Å². The molecule has 0 aromatic heterocycles. The van der Waals surface area contributed by atoms with Gasteiger partial charge in [-0.05, 0) is 79.0 Å². The summed E-state index contributed by atoms with van der Waals surface area (Å²) in [6, 6.07) is 5.74. The van der Waals surface area contributed by atoms with E-state index in [1.807, 2.05) is 0 Å².